The standard InChI is InChI=1S/C27H22ClFN8O2.CH2O2/c28-19-5-7-23(36-15-32-34-35-36)21(13-19)18-11-20-6-8-24(37(20)25(38)12-18)26-31-14-22(33-26)16-1-3-17(4-2-16)27(39)30-10-9-29;2-1-3/h1-5,7,11-15,24H,6,8-10H2,(H,30,39)(H,31,33);1H,(H,2,3)/t24-;/m0./s1. The molecule has 0 saturated heterocycles. The molecule has 0 unspecified atom stereocenters. The van der Waals surface area contributed by atoms with Crippen LogP contribution in [0.3, 0.4) is 0 Å². The van der Waals surface area contributed by atoms with Gasteiger partial charge in [0.2, 0.25) is 0 Å². The van der Waals surface area contributed by atoms with Crippen molar-refractivity contribution >= 4 is 24.0 Å². The minimum atomic E-state index is -0.613. The number of aromatic nitrogens is 7. The third kappa shape index (κ3) is 5.81. The maximum atomic E-state index is 13.4. The van der Waals surface area contributed by atoms with Crippen LogP contribution in [-0.4, -0.2) is 65.4 Å². The SMILES string of the molecule is O=C(NCCF)c1ccc(-c2cnc([C@@H]3CCc4cc(-c5cc(Cl)ccc5-n5cnnn5)cc(=O)n43)[nH]2)cc1.O=CO. The average Bonchev–Trinajstić information content (AvgIpc) is 3.78. The lowest BCUT2D eigenvalue weighted by molar-refractivity contribution is -0.122. The molecule has 42 heavy (non-hydrogen) atoms. The molecule has 5 aromatic rings. The summed E-state index contributed by atoms with van der Waals surface area (Å²) in [7, 11) is 0. The summed E-state index contributed by atoms with van der Waals surface area (Å²) < 4.78 is 15.6. The summed E-state index contributed by atoms with van der Waals surface area (Å²) in [6, 6.07) is 15.7. The second-order valence-corrected chi connectivity index (χ2v) is 9.66. The molecular weight excluding hydrogens is 567 g/mol. The highest BCUT2D eigenvalue weighted by atomic mass is 35.5. The number of hydrogen-bond acceptors (Lipinski definition) is 7. The summed E-state index contributed by atoms with van der Waals surface area (Å²) in [6.07, 6.45) is 4.63. The van der Waals surface area contributed by atoms with Crippen LogP contribution < -0.4 is 10.9 Å². The summed E-state index contributed by atoms with van der Waals surface area (Å²) in [5, 5.41) is 21.3. The minimum absolute atomic E-state index is 0.0201. The molecule has 2 aromatic carbocycles. The van der Waals surface area contributed by atoms with Crippen molar-refractivity contribution in [3.05, 3.63) is 99.6 Å². The number of H-pyrrole nitrogens is 1. The van der Waals surface area contributed by atoms with Crippen LogP contribution in [0.5, 0.6) is 0 Å². The van der Waals surface area contributed by atoms with Crippen LogP contribution in [-0.2, 0) is 11.2 Å². The van der Waals surface area contributed by atoms with Gasteiger partial charge in [-0.05, 0) is 70.8 Å². The van der Waals surface area contributed by atoms with Crippen LogP contribution in [0.1, 0.15) is 34.3 Å². The van der Waals surface area contributed by atoms with E-state index in [2.05, 4.69) is 30.8 Å². The molecule has 1 aliphatic heterocycles. The van der Waals surface area contributed by atoms with Crippen LogP contribution >= 0.6 is 11.6 Å². The first-order valence-electron chi connectivity index (χ1n) is 12.8. The number of fused-ring (bicyclic) bond motifs is 1. The number of amides is 1. The quantitative estimate of drug-likeness (QED) is 0.243. The second-order valence-electron chi connectivity index (χ2n) is 9.22. The van der Waals surface area contributed by atoms with Gasteiger partial charge in [0.05, 0.1) is 23.6 Å². The summed E-state index contributed by atoms with van der Waals surface area (Å²) in [5.41, 5.74) is 5.00. The monoisotopic (exact) mass is 590 g/mol. The van der Waals surface area contributed by atoms with Gasteiger partial charge in [0.25, 0.3) is 17.9 Å². The number of alkyl halides is 1. The summed E-state index contributed by atoms with van der Waals surface area (Å²) in [5.74, 6) is 0.356. The van der Waals surface area contributed by atoms with Crippen molar-refractivity contribution in [2.45, 2.75) is 18.9 Å². The molecule has 3 aromatic heterocycles. The topological polar surface area (TPSA) is 161 Å². The van der Waals surface area contributed by atoms with E-state index in [1.165, 1.54) is 11.0 Å². The molecule has 1 amide bonds. The van der Waals surface area contributed by atoms with Crippen LogP contribution in [0.2, 0.25) is 5.02 Å². The summed E-state index contributed by atoms with van der Waals surface area (Å²) in [4.78, 5) is 41.7. The number of nitrogens with zero attached hydrogens (tertiary/aromatic N) is 6. The van der Waals surface area contributed by atoms with E-state index < -0.39 is 6.67 Å². The molecule has 1 atom stereocenters. The molecule has 0 spiro atoms. The first-order chi connectivity index (χ1) is 20.4. The number of carbonyl (C=O) groups is 2. The van der Waals surface area contributed by atoms with E-state index in [4.69, 9.17) is 21.5 Å². The van der Waals surface area contributed by atoms with E-state index in [1.807, 2.05) is 12.1 Å². The zero-order chi connectivity index (χ0) is 29.6. The van der Waals surface area contributed by atoms with E-state index in [0.29, 0.717) is 34.9 Å². The second kappa shape index (κ2) is 12.6. The van der Waals surface area contributed by atoms with E-state index >= 15 is 0 Å². The van der Waals surface area contributed by atoms with Crippen molar-refractivity contribution in [1.29, 1.82) is 0 Å². The first-order valence-corrected chi connectivity index (χ1v) is 13.2. The number of pyridine rings is 1. The Balaban J connectivity index is 0.00000113. The van der Waals surface area contributed by atoms with Gasteiger partial charge in [-0.3, -0.25) is 14.4 Å². The Hall–Kier alpha value is -5.17. The van der Waals surface area contributed by atoms with Crippen LogP contribution in [0.15, 0.2) is 71.9 Å². The third-order valence-electron chi connectivity index (χ3n) is 6.75. The van der Waals surface area contributed by atoms with Crippen molar-refractivity contribution in [1.82, 2.24) is 40.1 Å². The molecule has 6 rings (SSSR count). The number of benzene rings is 2. The molecular formula is C28H24ClFN8O4. The molecule has 0 fully saturated rings. The highest BCUT2D eigenvalue weighted by Crippen LogP contribution is 2.34. The van der Waals surface area contributed by atoms with Crippen molar-refractivity contribution in [3.63, 3.8) is 0 Å². The van der Waals surface area contributed by atoms with Gasteiger partial charge in [-0.1, -0.05) is 23.7 Å². The number of hydrogen-bond donors (Lipinski definition) is 3. The maximum absolute atomic E-state index is 13.4. The molecule has 14 heteroatoms. The molecule has 12 nitrogen and oxygen atoms in total. The predicted molar refractivity (Wildman–Crippen MR) is 151 cm³/mol. The van der Waals surface area contributed by atoms with E-state index in [1.54, 1.807) is 53.2 Å². The lowest BCUT2D eigenvalue weighted by atomic mass is 10.0. The minimum Gasteiger partial charge on any atom is -0.483 e. The number of nitrogens with one attached hydrogen (secondary N) is 2. The fourth-order valence-corrected chi connectivity index (χ4v) is 5.11. The molecule has 1 aliphatic rings. The van der Waals surface area contributed by atoms with Crippen molar-refractivity contribution < 1.29 is 19.1 Å². The fraction of sp³-hybridized carbons (Fsp3) is 0.179. The lowest BCUT2D eigenvalue weighted by Crippen LogP contribution is -2.25. The zero-order valence-electron chi connectivity index (χ0n) is 21.9. The van der Waals surface area contributed by atoms with Gasteiger partial charge < -0.3 is 20.0 Å². The van der Waals surface area contributed by atoms with Crippen LogP contribution in [0.25, 0.3) is 28.1 Å². The number of carbonyl (C=O) groups excluding carboxylic acids is 1. The largest absolute Gasteiger partial charge is 0.483 e. The Morgan fingerprint density at radius 3 is 2.67 bits per heavy atom. The number of aromatic amines is 1. The molecule has 3 N–H and O–H groups in total. The van der Waals surface area contributed by atoms with Crippen LogP contribution in [0, 0.1) is 0 Å². The molecule has 0 saturated carbocycles. The lowest BCUT2D eigenvalue weighted by Gasteiger charge is -2.15. The van der Waals surface area contributed by atoms with Gasteiger partial charge in [-0.25, -0.2) is 9.37 Å². The maximum Gasteiger partial charge on any atom is 0.290 e. The number of rotatable bonds is 7. The van der Waals surface area contributed by atoms with Gasteiger partial charge in [-0.2, -0.15) is 4.68 Å². The molecule has 0 aliphatic carbocycles. The summed E-state index contributed by atoms with van der Waals surface area (Å²) in [6.45, 7) is -0.883. The van der Waals surface area contributed by atoms with Crippen molar-refractivity contribution in [3.8, 4) is 28.1 Å². The van der Waals surface area contributed by atoms with Gasteiger partial charge in [-0.15, -0.1) is 5.10 Å². The number of carboxylic acid groups (broad SMARTS) is 1. The smallest absolute Gasteiger partial charge is 0.290 e. The first kappa shape index (κ1) is 28.4. The van der Waals surface area contributed by atoms with E-state index in [9.17, 15) is 14.0 Å². The fourth-order valence-electron chi connectivity index (χ4n) is 4.94. The Kier molecular flexibility index (Phi) is 8.48. The molecule has 214 valence electrons. The Bertz CT molecular complexity index is 1770. The Labute approximate surface area is 242 Å². The number of tetrazole rings is 1. The molecule has 4 heterocycles. The highest BCUT2D eigenvalue weighted by molar-refractivity contribution is 6.31. The summed E-state index contributed by atoms with van der Waals surface area (Å²) >= 11 is 6.30. The van der Waals surface area contributed by atoms with Crippen LogP contribution in [0.4, 0.5) is 4.39 Å². The van der Waals surface area contributed by atoms with Crippen molar-refractivity contribution in [2.75, 3.05) is 13.2 Å². The van der Waals surface area contributed by atoms with Gasteiger partial charge in [0, 0.05) is 34.5 Å². The Morgan fingerprint density at radius 1 is 1.17 bits per heavy atom. The van der Waals surface area contributed by atoms with Crippen molar-refractivity contribution in [2.24, 2.45) is 0 Å². The van der Waals surface area contributed by atoms with E-state index in [0.717, 1.165) is 28.1 Å². The average molecular weight is 591 g/mol. The van der Waals surface area contributed by atoms with E-state index in [-0.39, 0.29) is 30.5 Å². The third-order valence-corrected chi connectivity index (χ3v) is 6.98. The molecule has 0 bridgehead atoms. The Morgan fingerprint density at radius 2 is 1.95 bits per heavy atom. The zero-order valence-corrected chi connectivity index (χ0v) is 22.7. The predicted octanol–water partition coefficient (Wildman–Crippen LogP) is 3.47. The van der Waals surface area contributed by atoms with Gasteiger partial charge in [0.15, 0.2) is 0 Å². The number of halogens is 2. The molecule has 0 radical (unpaired) electrons. The highest BCUT2D eigenvalue weighted by Gasteiger charge is 2.28. The van der Waals surface area contributed by atoms with Gasteiger partial charge >= 0.3 is 0 Å². The van der Waals surface area contributed by atoms with Gasteiger partial charge in [0.1, 0.15) is 18.8 Å². The normalized spacial score (nSPS) is 13.6. The number of imidazole rings is 1. The number of aryl methyl sites for hydroxylation is 1.